The van der Waals surface area contributed by atoms with E-state index in [9.17, 15) is 8.42 Å². The van der Waals surface area contributed by atoms with Crippen LogP contribution in [0.3, 0.4) is 0 Å². The van der Waals surface area contributed by atoms with Crippen molar-refractivity contribution in [3.05, 3.63) is 23.3 Å². The molecule has 3 heteroatoms. The highest BCUT2D eigenvalue weighted by atomic mass is 32.2. The molecule has 2 atom stereocenters. The smallest absolute Gasteiger partial charge is 0.163 e. The summed E-state index contributed by atoms with van der Waals surface area (Å²) in [6.07, 6.45) is 18.0. The van der Waals surface area contributed by atoms with Crippen LogP contribution in [0.1, 0.15) is 90.9 Å². The zero-order valence-electron chi connectivity index (χ0n) is 15.0. The van der Waals surface area contributed by atoms with Crippen LogP contribution in [0.5, 0.6) is 0 Å². The van der Waals surface area contributed by atoms with Gasteiger partial charge in [-0.25, -0.2) is 8.42 Å². The number of sulfone groups is 1. The van der Waals surface area contributed by atoms with E-state index < -0.39 is 9.84 Å². The van der Waals surface area contributed by atoms with Crippen LogP contribution in [-0.4, -0.2) is 18.9 Å². The molecule has 132 valence electrons. The van der Waals surface area contributed by atoms with Crippen LogP contribution >= 0.6 is 0 Å². The van der Waals surface area contributed by atoms with Gasteiger partial charge < -0.3 is 0 Å². The summed E-state index contributed by atoms with van der Waals surface area (Å²) in [6, 6.07) is 0. The Bertz CT molecular complexity index is 486. The van der Waals surface area contributed by atoms with E-state index in [0.29, 0.717) is 0 Å². The molecule has 2 rings (SSSR count). The minimum absolute atomic E-state index is 0.188. The van der Waals surface area contributed by atoms with Gasteiger partial charge in [0.2, 0.25) is 0 Å². The predicted octanol–water partition coefficient (Wildman–Crippen LogP) is 5.74. The monoisotopic (exact) mass is 338 g/mol. The van der Waals surface area contributed by atoms with Crippen LogP contribution in [0.4, 0.5) is 0 Å². The first-order chi connectivity index (χ1) is 11.1. The molecule has 2 unspecified atom stereocenters. The van der Waals surface area contributed by atoms with Crippen molar-refractivity contribution in [2.75, 3.05) is 0 Å². The number of rotatable bonds is 12. The van der Waals surface area contributed by atoms with Crippen LogP contribution in [0.2, 0.25) is 0 Å². The standard InChI is InChI=1S/C20H34O2S/c1-3-5-7-9-11-17-13-19(14-17)23(21,22)20-15-18(16-20)12-10-8-6-4-2/h13,15,19-20H,3-12,14,16H2,1-2H3. The summed E-state index contributed by atoms with van der Waals surface area (Å²) in [5, 5.41) is -0.377. The fraction of sp³-hybridized carbons (Fsp3) is 0.800. The minimum atomic E-state index is -2.95. The van der Waals surface area contributed by atoms with Crippen molar-refractivity contribution in [1.29, 1.82) is 0 Å². The van der Waals surface area contributed by atoms with E-state index in [1.807, 2.05) is 12.2 Å². The SMILES string of the molecule is CCCCCCC1=CC(S(=O)(=O)C2C=C(CCCCCC)C2)C1. The first-order valence-electron chi connectivity index (χ1n) is 9.69. The maximum absolute atomic E-state index is 12.5. The Morgan fingerprint density at radius 3 is 1.52 bits per heavy atom. The zero-order valence-corrected chi connectivity index (χ0v) is 15.8. The fourth-order valence-electron chi connectivity index (χ4n) is 3.55. The number of hydrogen-bond acceptors (Lipinski definition) is 2. The highest BCUT2D eigenvalue weighted by Gasteiger charge is 2.39. The summed E-state index contributed by atoms with van der Waals surface area (Å²) in [7, 11) is -2.95. The van der Waals surface area contributed by atoms with E-state index in [0.717, 1.165) is 25.7 Å². The van der Waals surface area contributed by atoms with Crippen molar-refractivity contribution in [2.45, 2.75) is 101 Å². The maximum atomic E-state index is 12.5. The Hall–Kier alpha value is -0.570. The largest absolute Gasteiger partial charge is 0.228 e. The Balaban J connectivity index is 1.70. The van der Waals surface area contributed by atoms with Gasteiger partial charge in [0, 0.05) is 0 Å². The van der Waals surface area contributed by atoms with E-state index >= 15 is 0 Å². The molecule has 0 saturated carbocycles. The summed E-state index contributed by atoms with van der Waals surface area (Å²) in [5.41, 5.74) is 2.75. The topological polar surface area (TPSA) is 34.1 Å². The van der Waals surface area contributed by atoms with Gasteiger partial charge in [-0.1, -0.05) is 75.7 Å². The summed E-state index contributed by atoms with van der Waals surface area (Å²) < 4.78 is 25.1. The molecule has 0 aromatic carbocycles. The molecule has 0 N–H and O–H groups in total. The van der Waals surface area contributed by atoms with Gasteiger partial charge in [0.05, 0.1) is 10.5 Å². The molecule has 0 bridgehead atoms. The highest BCUT2D eigenvalue weighted by molar-refractivity contribution is 7.93. The third-order valence-electron chi connectivity index (χ3n) is 5.32. The molecule has 0 aliphatic heterocycles. The van der Waals surface area contributed by atoms with Crippen molar-refractivity contribution < 1.29 is 8.42 Å². The lowest BCUT2D eigenvalue weighted by molar-refractivity contribution is 0.558. The summed E-state index contributed by atoms with van der Waals surface area (Å²) in [4.78, 5) is 0. The third kappa shape index (κ3) is 5.20. The van der Waals surface area contributed by atoms with Crippen LogP contribution in [-0.2, 0) is 9.84 Å². The van der Waals surface area contributed by atoms with Gasteiger partial charge in [-0.3, -0.25) is 0 Å². The van der Waals surface area contributed by atoms with Gasteiger partial charge in [-0.2, -0.15) is 0 Å². The molecule has 0 radical (unpaired) electrons. The summed E-state index contributed by atoms with van der Waals surface area (Å²) in [5.74, 6) is 0. The Kier molecular flexibility index (Phi) is 7.39. The van der Waals surface area contributed by atoms with Crippen LogP contribution in [0.25, 0.3) is 0 Å². The molecule has 0 heterocycles. The van der Waals surface area contributed by atoms with E-state index in [-0.39, 0.29) is 10.5 Å². The van der Waals surface area contributed by atoms with Gasteiger partial charge in [-0.05, 0) is 38.5 Å². The van der Waals surface area contributed by atoms with Crippen molar-refractivity contribution in [2.24, 2.45) is 0 Å². The van der Waals surface area contributed by atoms with E-state index in [2.05, 4.69) is 13.8 Å². The Labute approximate surface area is 143 Å². The molecule has 0 aromatic rings. The summed E-state index contributed by atoms with van der Waals surface area (Å²) in [6.45, 7) is 4.44. The number of unbranched alkanes of at least 4 members (excludes halogenated alkanes) is 6. The summed E-state index contributed by atoms with van der Waals surface area (Å²) >= 11 is 0. The quantitative estimate of drug-likeness (QED) is 0.336. The molecule has 2 nitrogen and oxygen atoms in total. The Morgan fingerprint density at radius 1 is 0.783 bits per heavy atom. The maximum Gasteiger partial charge on any atom is 0.163 e. The molecule has 0 saturated heterocycles. The van der Waals surface area contributed by atoms with Crippen molar-refractivity contribution >= 4 is 9.84 Å². The van der Waals surface area contributed by atoms with Gasteiger partial charge in [-0.15, -0.1) is 0 Å². The van der Waals surface area contributed by atoms with Gasteiger partial charge in [0.15, 0.2) is 9.84 Å². The van der Waals surface area contributed by atoms with E-state index in [1.165, 1.54) is 62.5 Å². The molecule has 0 fully saturated rings. The second-order valence-corrected chi connectivity index (χ2v) is 9.73. The highest BCUT2D eigenvalue weighted by Crippen LogP contribution is 2.37. The van der Waals surface area contributed by atoms with Gasteiger partial charge >= 0.3 is 0 Å². The minimum Gasteiger partial charge on any atom is -0.228 e. The molecule has 0 aromatic heterocycles. The normalized spacial score (nSPS) is 23.7. The lowest BCUT2D eigenvalue weighted by Gasteiger charge is -2.33. The molecule has 2 aliphatic carbocycles. The van der Waals surface area contributed by atoms with Crippen molar-refractivity contribution in [3.8, 4) is 0 Å². The first-order valence-corrected chi connectivity index (χ1v) is 11.3. The van der Waals surface area contributed by atoms with Crippen molar-refractivity contribution in [1.82, 2.24) is 0 Å². The van der Waals surface area contributed by atoms with Crippen LogP contribution < -0.4 is 0 Å². The van der Waals surface area contributed by atoms with Gasteiger partial charge in [0.25, 0.3) is 0 Å². The molecule has 0 amide bonds. The number of hydrogen-bond donors (Lipinski definition) is 0. The number of allylic oxidation sites excluding steroid dienone is 2. The third-order valence-corrected chi connectivity index (χ3v) is 7.61. The fourth-order valence-corrected chi connectivity index (χ4v) is 5.66. The van der Waals surface area contributed by atoms with E-state index in [1.54, 1.807) is 0 Å². The molecular formula is C20H34O2S. The molecule has 23 heavy (non-hydrogen) atoms. The second kappa shape index (κ2) is 9.05. The van der Waals surface area contributed by atoms with Crippen LogP contribution in [0.15, 0.2) is 23.3 Å². The predicted molar refractivity (Wildman–Crippen MR) is 99.4 cm³/mol. The molecule has 0 spiro atoms. The molecular weight excluding hydrogens is 304 g/mol. The first kappa shape index (κ1) is 18.8. The second-order valence-electron chi connectivity index (χ2n) is 7.35. The lowest BCUT2D eigenvalue weighted by Crippen LogP contribution is -2.37. The van der Waals surface area contributed by atoms with Crippen molar-refractivity contribution in [3.63, 3.8) is 0 Å². The molecule has 2 aliphatic rings. The van der Waals surface area contributed by atoms with E-state index in [4.69, 9.17) is 0 Å². The Morgan fingerprint density at radius 2 is 1.17 bits per heavy atom. The van der Waals surface area contributed by atoms with Crippen LogP contribution in [0, 0.1) is 0 Å². The lowest BCUT2D eigenvalue weighted by atomic mass is 9.92. The van der Waals surface area contributed by atoms with Gasteiger partial charge in [0.1, 0.15) is 0 Å². The zero-order chi connectivity index (χ0) is 16.7. The average Bonchev–Trinajstić information content (AvgIpc) is 2.42. The average molecular weight is 339 g/mol.